The van der Waals surface area contributed by atoms with E-state index in [1.54, 1.807) is 13.0 Å². The normalized spacial score (nSPS) is 13.6. The van der Waals surface area contributed by atoms with Gasteiger partial charge in [0.25, 0.3) is 6.47 Å². The lowest BCUT2D eigenvalue weighted by molar-refractivity contribution is -0.155. The van der Waals surface area contributed by atoms with Gasteiger partial charge in [0.2, 0.25) is 0 Å². The van der Waals surface area contributed by atoms with E-state index in [9.17, 15) is 9.59 Å². The molecular formula is C8H11NO4. The summed E-state index contributed by atoms with van der Waals surface area (Å²) in [6.45, 7) is 3.09. The number of carbonyl (C=O) groups excluding carboxylic acids is 2. The summed E-state index contributed by atoms with van der Waals surface area (Å²) >= 11 is 0. The minimum atomic E-state index is -1.41. The SMILES string of the molecule is CCOC(=O)C(C)(C#N)COC=O. The van der Waals surface area contributed by atoms with E-state index in [0.29, 0.717) is 0 Å². The number of nitriles is 1. The lowest BCUT2D eigenvalue weighted by atomic mass is 9.94. The molecule has 0 aromatic heterocycles. The lowest BCUT2D eigenvalue weighted by Crippen LogP contribution is -2.33. The smallest absolute Gasteiger partial charge is 0.329 e. The average molecular weight is 185 g/mol. The van der Waals surface area contributed by atoms with Crippen molar-refractivity contribution in [2.75, 3.05) is 13.2 Å². The van der Waals surface area contributed by atoms with Gasteiger partial charge in [-0.05, 0) is 13.8 Å². The maximum Gasteiger partial charge on any atom is 0.329 e. The Morgan fingerprint density at radius 3 is 2.69 bits per heavy atom. The number of ether oxygens (including phenoxy) is 2. The van der Waals surface area contributed by atoms with Gasteiger partial charge in [-0.1, -0.05) is 0 Å². The van der Waals surface area contributed by atoms with Gasteiger partial charge in [0, 0.05) is 0 Å². The van der Waals surface area contributed by atoms with Crippen LogP contribution in [0, 0.1) is 16.7 Å². The van der Waals surface area contributed by atoms with Crippen LogP contribution in [0.1, 0.15) is 13.8 Å². The molecule has 0 aromatic carbocycles. The van der Waals surface area contributed by atoms with E-state index in [0.717, 1.165) is 0 Å². The van der Waals surface area contributed by atoms with Crippen molar-refractivity contribution in [1.29, 1.82) is 5.26 Å². The van der Waals surface area contributed by atoms with E-state index in [-0.39, 0.29) is 19.7 Å². The molecule has 5 nitrogen and oxygen atoms in total. The van der Waals surface area contributed by atoms with Crippen molar-refractivity contribution in [3.8, 4) is 6.07 Å². The molecule has 0 saturated heterocycles. The maximum absolute atomic E-state index is 11.2. The third-order valence-electron chi connectivity index (χ3n) is 1.41. The summed E-state index contributed by atoms with van der Waals surface area (Å²) in [5.74, 6) is -0.681. The highest BCUT2D eigenvalue weighted by atomic mass is 16.5. The van der Waals surface area contributed by atoms with Gasteiger partial charge in [-0.15, -0.1) is 0 Å². The fraction of sp³-hybridized carbons (Fsp3) is 0.625. The van der Waals surface area contributed by atoms with E-state index in [1.165, 1.54) is 6.92 Å². The van der Waals surface area contributed by atoms with E-state index < -0.39 is 11.4 Å². The van der Waals surface area contributed by atoms with Crippen LogP contribution in [0.15, 0.2) is 0 Å². The van der Waals surface area contributed by atoms with Gasteiger partial charge in [0.1, 0.15) is 6.61 Å². The number of rotatable bonds is 5. The molecule has 0 N–H and O–H groups in total. The van der Waals surface area contributed by atoms with Crippen molar-refractivity contribution < 1.29 is 19.1 Å². The molecule has 0 saturated carbocycles. The lowest BCUT2D eigenvalue weighted by Gasteiger charge is -2.17. The number of hydrogen-bond donors (Lipinski definition) is 0. The summed E-state index contributed by atoms with van der Waals surface area (Å²) in [5.41, 5.74) is -1.41. The molecule has 1 unspecified atom stereocenters. The summed E-state index contributed by atoms with van der Waals surface area (Å²) in [7, 11) is 0. The average Bonchev–Trinajstić information content (AvgIpc) is 2.14. The summed E-state index contributed by atoms with van der Waals surface area (Å²) in [5, 5.41) is 8.66. The Morgan fingerprint density at radius 2 is 2.31 bits per heavy atom. The quantitative estimate of drug-likeness (QED) is 0.453. The van der Waals surface area contributed by atoms with Crippen molar-refractivity contribution in [1.82, 2.24) is 0 Å². The molecule has 0 bridgehead atoms. The predicted octanol–water partition coefficient (Wildman–Crippen LogP) is 0.252. The number of nitrogens with zero attached hydrogens (tertiary/aromatic N) is 1. The maximum atomic E-state index is 11.2. The zero-order valence-corrected chi connectivity index (χ0v) is 7.57. The number of hydrogen-bond acceptors (Lipinski definition) is 5. The zero-order valence-electron chi connectivity index (χ0n) is 7.57. The highest BCUT2D eigenvalue weighted by Crippen LogP contribution is 2.17. The van der Waals surface area contributed by atoms with Crippen LogP contribution < -0.4 is 0 Å². The van der Waals surface area contributed by atoms with E-state index in [4.69, 9.17) is 5.26 Å². The molecule has 0 fully saturated rings. The molecule has 0 rings (SSSR count). The van der Waals surface area contributed by atoms with Gasteiger partial charge in [-0.25, -0.2) is 0 Å². The highest BCUT2D eigenvalue weighted by molar-refractivity contribution is 5.79. The van der Waals surface area contributed by atoms with Crippen LogP contribution in [-0.2, 0) is 19.1 Å². The second kappa shape index (κ2) is 5.14. The molecule has 0 aromatic rings. The largest absolute Gasteiger partial charge is 0.466 e. The molecule has 72 valence electrons. The Morgan fingerprint density at radius 1 is 1.69 bits per heavy atom. The topological polar surface area (TPSA) is 76.4 Å². The van der Waals surface area contributed by atoms with E-state index >= 15 is 0 Å². The molecule has 13 heavy (non-hydrogen) atoms. The van der Waals surface area contributed by atoms with Crippen molar-refractivity contribution in [2.24, 2.45) is 5.41 Å². The molecule has 1 atom stereocenters. The second-order valence-corrected chi connectivity index (χ2v) is 2.57. The molecular weight excluding hydrogens is 174 g/mol. The Bertz CT molecular complexity index is 233. The zero-order chi connectivity index (χ0) is 10.3. The molecule has 0 spiro atoms. The first-order valence-electron chi connectivity index (χ1n) is 3.74. The molecule has 0 radical (unpaired) electrons. The Labute approximate surface area is 76.2 Å². The van der Waals surface area contributed by atoms with Crippen LogP contribution >= 0.6 is 0 Å². The summed E-state index contributed by atoms with van der Waals surface area (Å²) in [6, 6.07) is 1.74. The summed E-state index contributed by atoms with van der Waals surface area (Å²) < 4.78 is 8.99. The molecule has 0 heterocycles. The predicted molar refractivity (Wildman–Crippen MR) is 42.4 cm³/mol. The number of esters is 1. The first-order chi connectivity index (χ1) is 6.10. The van der Waals surface area contributed by atoms with Crippen molar-refractivity contribution >= 4 is 12.4 Å². The Kier molecular flexibility index (Phi) is 4.52. The molecule has 0 amide bonds. The van der Waals surface area contributed by atoms with Crippen LogP contribution in [0.2, 0.25) is 0 Å². The summed E-state index contributed by atoms with van der Waals surface area (Å²) in [4.78, 5) is 21.0. The molecule has 0 aliphatic heterocycles. The minimum Gasteiger partial charge on any atom is -0.466 e. The van der Waals surface area contributed by atoms with Gasteiger partial charge < -0.3 is 9.47 Å². The first kappa shape index (κ1) is 11.4. The monoisotopic (exact) mass is 185 g/mol. The van der Waals surface area contributed by atoms with Gasteiger partial charge in [0.05, 0.1) is 12.7 Å². The minimum absolute atomic E-state index is 0.189. The van der Waals surface area contributed by atoms with E-state index in [1.807, 2.05) is 0 Å². The van der Waals surface area contributed by atoms with E-state index in [2.05, 4.69) is 9.47 Å². The van der Waals surface area contributed by atoms with Crippen molar-refractivity contribution in [2.45, 2.75) is 13.8 Å². The van der Waals surface area contributed by atoms with Crippen LogP contribution in [0.5, 0.6) is 0 Å². The van der Waals surface area contributed by atoms with Crippen LogP contribution in [-0.4, -0.2) is 25.7 Å². The Balaban J connectivity index is 4.35. The number of carbonyl (C=O) groups is 2. The van der Waals surface area contributed by atoms with Crippen LogP contribution in [0.4, 0.5) is 0 Å². The standard InChI is InChI=1S/C8H11NO4/c1-3-13-7(11)8(2,4-9)5-12-6-10/h6H,3,5H2,1-2H3. The van der Waals surface area contributed by atoms with Gasteiger partial charge in [-0.2, -0.15) is 5.26 Å². The van der Waals surface area contributed by atoms with Crippen LogP contribution in [0.25, 0.3) is 0 Å². The summed E-state index contributed by atoms with van der Waals surface area (Å²) in [6.07, 6.45) is 0. The third-order valence-corrected chi connectivity index (χ3v) is 1.41. The van der Waals surface area contributed by atoms with Crippen molar-refractivity contribution in [3.63, 3.8) is 0 Å². The van der Waals surface area contributed by atoms with Gasteiger partial charge in [-0.3, -0.25) is 9.59 Å². The van der Waals surface area contributed by atoms with Crippen LogP contribution in [0.3, 0.4) is 0 Å². The third kappa shape index (κ3) is 3.11. The fourth-order valence-electron chi connectivity index (χ4n) is 0.628. The Hall–Kier alpha value is -1.57. The van der Waals surface area contributed by atoms with Gasteiger partial charge >= 0.3 is 5.97 Å². The van der Waals surface area contributed by atoms with Gasteiger partial charge in [0.15, 0.2) is 5.41 Å². The first-order valence-corrected chi connectivity index (χ1v) is 3.74. The second-order valence-electron chi connectivity index (χ2n) is 2.57. The fourth-order valence-corrected chi connectivity index (χ4v) is 0.628. The molecule has 0 aliphatic carbocycles. The highest BCUT2D eigenvalue weighted by Gasteiger charge is 2.36. The van der Waals surface area contributed by atoms with Crippen molar-refractivity contribution in [3.05, 3.63) is 0 Å². The molecule has 0 aliphatic rings. The molecule has 5 heteroatoms.